The van der Waals surface area contributed by atoms with Gasteiger partial charge in [0.15, 0.2) is 0 Å². The molecule has 1 N–H and O–H groups in total. The maximum absolute atomic E-state index is 5.79. The Kier molecular flexibility index (Phi) is 6.17. The highest BCUT2D eigenvalue weighted by Crippen LogP contribution is 2.17. The molecular weight excluding hydrogens is 230 g/mol. The highest BCUT2D eigenvalue weighted by Gasteiger charge is 2.00. The molecule has 0 spiro atoms. The molecule has 0 aliphatic heterocycles. The van der Waals surface area contributed by atoms with Gasteiger partial charge in [-0.3, -0.25) is 0 Å². The topological polar surface area (TPSA) is 28.2 Å². The van der Waals surface area contributed by atoms with Crippen molar-refractivity contribution in [2.75, 3.05) is 26.2 Å². The SMILES string of the molecule is CCN(CC)CCNCc1ncc(Cl)s1. The van der Waals surface area contributed by atoms with E-state index in [2.05, 4.69) is 29.0 Å². The second-order valence-electron chi connectivity index (χ2n) is 3.26. The van der Waals surface area contributed by atoms with Crippen LogP contribution in [0.25, 0.3) is 0 Å². The molecule has 3 nitrogen and oxygen atoms in total. The zero-order valence-corrected chi connectivity index (χ0v) is 10.9. The summed E-state index contributed by atoms with van der Waals surface area (Å²) in [4.78, 5) is 6.57. The van der Waals surface area contributed by atoms with Crippen LogP contribution in [0.5, 0.6) is 0 Å². The average molecular weight is 248 g/mol. The molecule has 0 saturated carbocycles. The summed E-state index contributed by atoms with van der Waals surface area (Å²) < 4.78 is 0.760. The molecule has 0 saturated heterocycles. The van der Waals surface area contributed by atoms with Gasteiger partial charge >= 0.3 is 0 Å². The van der Waals surface area contributed by atoms with Crippen LogP contribution in [0.1, 0.15) is 18.9 Å². The first kappa shape index (κ1) is 12.9. The van der Waals surface area contributed by atoms with E-state index in [4.69, 9.17) is 11.6 Å². The number of likely N-dealkylation sites (N-methyl/N-ethyl adjacent to an activating group) is 1. The summed E-state index contributed by atoms with van der Waals surface area (Å²) in [6.07, 6.45) is 1.70. The third-order valence-corrected chi connectivity index (χ3v) is 3.42. The number of nitrogens with zero attached hydrogens (tertiary/aromatic N) is 2. The third kappa shape index (κ3) is 4.93. The molecule has 1 aromatic heterocycles. The molecule has 1 heterocycles. The van der Waals surface area contributed by atoms with Crippen LogP contribution < -0.4 is 5.32 Å². The first-order valence-electron chi connectivity index (χ1n) is 5.29. The van der Waals surface area contributed by atoms with Crippen LogP contribution in [-0.2, 0) is 6.54 Å². The predicted molar refractivity (Wildman–Crippen MR) is 66.6 cm³/mol. The first-order valence-corrected chi connectivity index (χ1v) is 6.49. The molecule has 0 aliphatic carbocycles. The maximum Gasteiger partial charge on any atom is 0.113 e. The van der Waals surface area contributed by atoms with Gasteiger partial charge in [-0.25, -0.2) is 4.98 Å². The summed E-state index contributed by atoms with van der Waals surface area (Å²) in [5.74, 6) is 0. The van der Waals surface area contributed by atoms with Crippen molar-refractivity contribution in [1.29, 1.82) is 0 Å². The van der Waals surface area contributed by atoms with Crippen molar-refractivity contribution < 1.29 is 0 Å². The van der Waals surface area contributed by atoms with Crippen LogP contribution in [0.4, 0.5) is 0 Å². The van der Waals surface area contributed by atoms with Gasteiger partial charge in [-0.15, -0.1) is 11.3 Å². The highest BCUT2D eigenvalue weighted by molar-refractivity contribution is 7.15. The molecule has 1 aromatic rings. The zero-order valence-electron chi connectivity index (χ0n) is 9.29. The van der Waals surface area contributed by atoms with E-state index in [9.17, 15) is 0 Å². The molecule has 0 bridgehead atoms. The fourth-order valence-corrected chi connectivity index (χ4v) is 2.27. The Bertz CT molecular complexity index is 273. The van der Waals surface area contributed by atoms with Crippen LogP contribution in [-0.4, -0.2) is 36.1 Å². The molecule has 0 aromatic carbocycles. The second-order valence-corrected chi connectivity index (χ2v) is 5.01. The summed E-state index contributed by atoms with van der Waals surface area (Å²) in [6.45, 7) is 9.50. The molecule has 0 amide bonds. The van der Waals surface area contributed by atoms with E-state index in [0.717, 1.165) is 42.1 Å². The Morgan fingerprint density at radius 3 is 2.73 bits per heavy atom. The molecule has 0 unspecified atom stereocenters. The van der Waals surface area contributed by atoms with Gasteiger partial charge in [0.2, 0.25) is 0 Å². The van der Waals surface area contributed by atoms with Crippen LogP contribution in [0.2, 0.25) is 4.34 Å². The molecule has 5 heteroatoms. The van der Waals surface area contributed by atoms with Crippen molar-refractivity contribution in [2.45, 2.75) is 20.4 Å². The predicted octanol–water partition coefficient (Wildman–Crippen LogP) is 2.23. The molecule has 0 atom stereocenters. The lowest BCUT2D eigenvalue weighted by molar-refractivity contribution is 0.302. The number of hydrogen-bond donors (Lipinski definition) is 1. The molecule has 1 rings (SSSR count). The minimum absolute atomic E-state index is 0.760. The minimum Gasteiger partial charge on any atom is -0.309 e. The van der Waals surface area contributed by atoms with Gasteiger partial charge in [-0.1, -0.05) is 25.4 Å². The van der Waals surface area contributed by atoms with E-state index < -0.39 is 0 Å². The Hall–Kier alpha value is -0.160. The highest BCUT2D eigenvalue weighted by atomic mass is 35.5. The molecular formula is C10H18ClN3S. The average Bonchev–Trinajstić information content (AvgIpc) is 2.65. The molecule has 15 heavy (non-hydrogen) atoms. The Balaban J connectivity index is 2.11. The van der Waals surface area contributed by atoms with Gasteiger partial charge in [0, 0.05) is 19.6 Å². The van der Waals surface area contributed by atoms with E-state index in [0.29, 0.717) is 0 Å². The second kappa shape index (κ2) is 7.17. The van der Waals surface area contributed by atoms with Crippen molar-refractivity contribution in [3.63, 3.8) is 0 Å². The van der Waals surface area contributed by atoms with Crippen LogP contribution in [0.3, 0.4) is 0 Å². The Labute approximate surface area is 100 Å². The number of thiazole rings is 1. The van der Waals surface area contributed by atoms with Crippen molar-refractivity contribution in [2.24, 2.45) is 0 Å². The van der Waals surface area contributed by atoms with Gasteiger partial charge in [0.05, 0.1) is 6.20 Å². The van der Waals surface area contributed by atoms with Crippen LogP contribution >= 0.6 is 22.9 Å². The fourth-order valence-electron chi connectivity index (χ4n) is 1.34. The van der Waals surface area contributed by atoms with E-state index in [-0.39, 0.29) is 0 Å². The Morgan fingerprint density at radius 1 is 1.47 bits per heavy atom. The van der Waals surface area contributed by atoms with Gasteiger partial charge < -0.3 is 10.2 Å². The summed E-state index contributed by atoms with van der Waals surface area (Å²) in [7, 11) is 0. The summed E-state index contributed by atoms with van der Waals surface area (Å²) >= 11 is 7.32. The van der Waals surface area contributed by atoms with Crippen molar-refractivity contribution in [3.05, 3.63) is 15.5 Å². The maximum atomic E-state index is 5.79. The minimum atomic E-state index is 0.760. The van der Waals surface area contributed by atoms with E-state index in [1.54, 1.807) is 6.20 Å². The van der Waals surface area contributed by atoms with Gasteiger partial charge in [0.1, 0.15) is 9.34 Å². The largest absolute Gasteiger partial charge is 0.309 e. The monoisotopic (exact) mass is 247 g/mol. The number of halogens is 1. The van der Waals surface area contributed by atoms with Crippen molar-refractivity contribution in [3.8, 4) is 0 Å². The number of aromatic nitrogens is 1. The normalized spacial score (nSPS) is 11.2. The van der Waals surface area contributed by atoms with E-state index in [1.807, 2.05) is 0 Å². The van der Waals surface area contributed by atoms with Crippen molar-refractivity contribution >= 4 is 22.9 Å². The first-order chi connectivity index (χ1) is 7.26. The Morgan fingerprint density at radius 2 is 2.20 bits per heavy atom. The lowest BCUT2D eigenvalue weighted by Gasteiger charge is -2.17. The van der Waals surface area contributed by atoms with E-state index in [1.165, 1.54) is 11.3 Å². The quantitative estimate of drug-likeness (QED) is 0.749. The summed E-state index contributed by atoms with van der Waals surface area (Å²) in [5, 5.41) is 4.42. The number of rotatable bonds is 7. The molecule has 86 valence electrons. The molecule has 0 fully saturated rings. The summed E-state index contributed by atoms with van der Waals surface area (Å²) in [6, 6.07) is 0. The van der Waals surface area contributed by atoms with Crippen molar-refractivity contribution in [1.82, 2.24) is 15.2 Å². The zero-order chi connectivity index (χ0) is 11.1. The molecule has 0 radical (unpaired) electrons. The standard InChI is InChI=1S/C10H18ClN3S/c1-3-14(4-2)6-5-12-8-10-13-7-9(11)15-10/h7,12H,3-6,8H2,1-2H3. The fraction of sp³-hybridized carbons (Fsp3) is 0.700. The third-order valence-electron chi connectivity index (χ3n) is 2.30. The lowest BCUT2D eigenvalue weighted by Crippen LogP contribution is -2.31. The number of hydrogen-bond acceptors (Lipinski definition) is 4. The van der Waals surface area contributed by atoms with Gasteiger partial charge in [-0.05, 0) is 13.1 Å². The molecule has 0 aliphatic rings. The van der Waals surface area contributed by atoms with E-state index >= 15 is 0 Å². The summed E-state index contributed by atoms with van der Waals surface area (Å²) in [5.41, 5.74) is 0. The van der Waals surface area contributed by atoms with Gasteiger partial charge in [0.25, 0.3) is 0 Å². The smallest absolute Gasteiger partial charge is 0.113 e. The number of nitrogens with one attached hydrogen (secondary N) is 1. The lowest BCUT2D eigenvalue weighted by atomic mass is 10.4. The van der Waals surface area contributed by atoms with Crippen LogP contribution in [0.15, 0.2) is 6.20 Å². The van der Waals surface area contributed by atoms with Crippen LogP contribution in [0, 0.1) is 0 Å². The van der Waals surface area contributed by atoms with Gasteiger partial charge in [-0.2, -0.15) is 0 Å².